The van der Waals surface area contributed by atoms with Gasteiger partial charge in [-0.1, -0.05) is 6.07 Å². The molecule has 18 heavy (non-hydrogen) atoms. The predicted molar refractivity (Wildman–Crippen MR) is 70.1 cm³/mol. The van der Waals surface area contributed by atoms with Crippen LogP contribution in [0, 0.1) is 13.8 Å². The molecule has 0 saturated heterocycles. The number of hydrogen-bond acceptors (Lipinski definition) is 3. The number of nitrogens with zero attached hydrogens (tertiary/aromatic N) is 2. The summed E-state index contributed by atoms with van der Waals surface area (Å²) in [6.45, 7) is 4.01. The number of carbonyl (C=O) groups excluding carboxylic acids is 1. The van der Waals surface area contributed by atoms with Crippen molar-refractivity contribution in [1.29, 1.82) is 0 Å². The molecule has 0 aliphatic heterocycles. The number of carbonyl (C=O) groups is 1. The third-order valence-corrected chi connectivity index (χ3v) is 2.99. The van der Waals surface area contributed by atoms with E-state index >= 15 is 0 Å². The van der Waals surface area contributed by atoms with Crippen molar-refractivity contribution < 1.29 is 9.53 Å². The average Bonchev–Trinajstić information content (AvgIpc) is 2.69. The molecule has 4 heteroatoms. The molecule has 0 aliphatic rings. The van der Waals surface area contributed by atoms with Crippen LogP contribution in [-0.2, 0) is 7.05 Å². The molecule has 1 heterocycles. The Morgan fingerprint density at radius 2 is 2.06 bits per heavy atom. The third-order valence-electron chi connectivity index (χ3n) is 2.99. The summed E-state index contributed by atoms with van der Waals surface area (Å²) < 4.78 is 7.11. The van der Waals surface area contributed by atoms with Gasteiger partial charge >= 0.3 is 0 Å². The van der Waals surface area contributed by atoms with Gasteiger partial charge < -0.3 is 9.30 Å². The maximum atomic E-state index is 11.2. The lowest BCUT2D eigenvalue weighted by Crippen LogP contribution is -1.98. The first-order chi connectivity index (χ1) is 8.58. The number of benzene rings is 1. The molecule has 2 aromatic rings. The van der Waals surface area contributed by atoms with Crippen molar-refractivity contribution in [3.63, 3.8) is 0 Å². The van der Waals surface area contributed by atoms with Crippen LogP contribution in [0.4, 0.5) is 0 Å². The molecule has 94 valence electrons. The van der Waals surface area contributed by atoms with Crippen LogP contribution in [-0.4, -0.2) is 22.9 Å². The van der Waals surface area contributed by atoms with Crippen molar-refractivity contribution in [2.24, 2.45) is 7.05 Å². The normalized spacial score (nSPS) is 10.4. The summed E-state index contributed by atoms with van der Waals surface area (Å²) in [5.74, 6) is 0.745. The lowest BCUT2D eigenvalue weighted by Gasteiger charge is -2.12. The number of aromatic nitrogens is 2. The van der Waals surface area contributed by atoms with Crippen LogP contribution < -0.4 is 4.74 Å². The lowest BCUT2D eigenvalue weighted by atomic mass is 10.0. The molecular formula is C14H16N2O2. The van der Waals surface area contributed by atoms with Crippen LogP contribution in [0.25, 0.3) is 11.3 Å². The Balaban J connectivity index is 2.74. The van der Waals surface area contributed by atoms with Gasteiger partial charge in [-0.2, -0.15) is 0 Å². The molecule has 0 bridgehead atoms. The Morgan fingerprint density at radius 1 is 1.33 bits per heavy atom. The summed E-state index contributed by atoms with van der Waals surface area (Å²) >= 11 is 0. The minimum atomic E-state index is 0.556. The number of aryl methyl sites for hydroxylation is 3. The maximum Gasteiger partial charge on any atom is 0.168 e. The fraction of sp³-hybridized carbons (Fsp3) is 0.286. The minimum Gasteiger partial charge on any atom is -0.496 e. The molecule has 0 saturated carbocycles. The highest BCUT2D eigenvalue weighted by molar-refractivity contribution is 5.87. The minimum absolute atomic E-state index is 0.556. The molecule has 1 aromatic carbocycles. The summed E-state index contributed by atoms with van der Waals surface area (Å²) in [5, 5.41) is 0. The Hall–Kier alpha value is -2.10. The average molecular weight is 244 g/mol. The number of rotatable bonds is 3. The summed E-state index contributed by atoms with van der Waals surface area (Å²) in [4.78, 5) is 15.5. The van der Waals surface area contributed by atoms with Gasteiger partial charge in [0.25, 0.3) is 0 Å². The van der Waals surface area contributed by atoms with E-state index in [9.17, 15) is 4.79 Å². The van der Waals surface area contributed by atoms with Gasteiger partial charge in [0.1, 0.15) is 17.1 Å². The zero-order valence-corrected chi connectivity index (χ0v) is 11.0. The van der Waals surface area contributed by atoms with Gasteiger partial charge in [-0.15, -0.1) is 0 Å². The first-order valence-corrected chi connectivity index (χ1v) is 5.70. The van der Waals surface area contributed by atoms with E-state index in [0.717, 1.165) is 28.7 Å². The second-order valence-corrected chi connectivity index (χ2v) is 4.37. The quantitative estimate of drug-likeness (QED) is 0.779. The van der Waals surface area contributed by atoms with E-state index in [4.69, 9.17) is 4.74 Å². The van der Waals surface area contributed by atoms with E-state index in [1.807, 2.05) is 19.9 Å². The van der Waals surface area contributed by atoms with Crippen molar-refractivity contribution in [2.75, 3.05) is 7.11 Å². The van der Waals surface area contributed by atoms with Gasteiger partial charge in [0, 0.05) is 12.6 Å². The Kier molecular flexibility index (Phi) is 3.19. The molecule has 0 unspecified atom stereocenters. The Bertz CT molecular complexity index is 600. The monoisotopic (exact) mass is 244 g/mol. The molecule has 0 N–H and O–H groups in total. The zero-order valence-electron chi connectivity index (χ0n) is 11.0. The van der Waals surface area contributed by atoms with Gasteiger partial charge in [0.2, 0.25) is 0 Å². The van der Waals surface area contributed by atoms with Gasteiger partial charge in [-0.25, -0.2) is 4.98 Å². The van der Waals surface area contributed by atoms with E-state index in [2.05, 4.69) is 11.1 Å². The summed E-state index contributed by atoms with van der Waals surface area (Å²) in [7, 11) is 3.43. The molecule has 0 spiro atoms. The maximum absolute atomic E-state index is 11.2. The molecule has 0 atom stereocenters. The molecule has 0 aliphatic carbocycles. The standard InChI is InChI=1S/C14H16N2O2/c1-9-5-10(2)13(12(6-9)18-4)14-11(7-17)16(3)8-15-14/h5-8H,1-4H3. The lowest BCUT2D eigenvalue weighted by molar-refractivity contribution is 0.111. The van der Waals surface area contributed by atoms with E-state index in [1.54, 1.807) is 25.1 Å². The number of hydrogen-bond donors (Lipinski definition) is 0. The molecule has 2 rings (SSSR count). The molecule has 0 radical (unpaired) electrons. The predicted octanol–water partition coefficient (Wildman–Crippen LogP) is 2.53. The van der Waals surface area contributed by atoms with E-state index in [-0.39, 0.29) is 0 Å². The third kappa shape index (κ3) is 1.90. The Morgan fingerprint density at radius 3 is 2.67 bits per heavy atom. The number of ether oxygens (including phenoxy) is 1. The van der Waals surface area contributed by atoms with Gasteiger partial charge in [0.05, 0.1) is 13.4 Å². The molecule has 1 aromatic heterocycles. The van der Waals surface area contributed by atoms with Gasteiger partial charge in [-0.05, 0) is 31.0 Å². The molecule has 0 fully saturated rings. The van der Waals surface area contributed by atoms with Crippen LogP contribution in [0.2, 0.25) is 0 Å². The highest BCUT2D eigenvalue weighted by atomic mass is 16.5. The van der Waals surface area contributed by atoms with Crippen molar-refractivity contribution in [3.8, 4) is 17.0 Å². The molecular weight excluding hydrogens is 228 g/mol. The smallest absolute Gasteiger partial charge is 0.168 e. The fourth-order valence-corrected chi connectivity index (χ4v) is 2.16. The first kappa shape index (κ1) is 12.4. The summed E-state index contributed by atoms with van der Waals surface area (Å²) in [6, 6.07) is 4.01. The van der Waals surface area contributed by atoms with Gasteiger partial charge in [-0.3, -0.25) is 4.79 Å². The summed E-state index contributed by atoms with van der Waals surface area (Å²) in [6.07, 6.45) is 2.46. The summed E-state index contributed by atoms with van der Waals surface area (Å²) in [5.41, 5.74) is 4.28. The zero-order chi connectivity index (χ0) is 13.3. The number of aldehydes is 1. The number of imidazole rings is 1. The number of methoxy groups -OCH3 is 1. The fourth-order valence-electron chi connectivity index (χ4n) is 2.16. The van der Waals surface area contributed by atoms with Crippen LogP contribution in [0.3, 0.4) is 0 Å². The second-order valence-electron chi connectivity index (χ2n) is 4.37. The SMILES string of the molecule is COc1cc(C)cc(C)c1-c1ncn(C)c1C=O. The van der Waals surface area contributed by atoms with E-state index in [0.29, 0.717) is 11.4 Å². The first-order valence-electron chi connectivity index (χ1n) is 5.70. The van der Waals surface area contributed by atoms with Gasteiger partial charge in [0.15, 0.2) is 6.29 Å². The topological polar surface area (TPSA) is 44.1 Å². The van der Waals surface area contributed by atoms with Crippen molar-refractivity contribution in [1.82, 2.24) is 9.55 Å². The van der Waals surface area contributed by atoms with Crippen molar-refractivity contribution in [2.45, 2.75) is 13.8 Å². The highest BCUT2D eigenvalue weighted by Crippen LogP contribution is 2.34. The van der Waals surface area contributed by atoms with Crippen LogP contribution >= 0.6 is 0 Å². The van der Waals surface area contributed by atoms with Crippen molar-refractivity contribution >= 4 is 6.29 Å². The molecule has 0 amide bonds. The second kappa shape index (κ2) is 4.64. The highest BCUT2D eigenvalue weighted by Gasteiger charge is 2.17. The van der Waals surface area contributed by atoms with E-state index < -0.39 is 0 Å². The molecule has 4 nitrogen and oxygen atoms in total. The van der Waals surface area contributed by atoms with Crippen LogP contribution in [0.5, 0.6) is 5.75 Å². The van der Waals surface area contributed by atoms with E-state index in [1.165, 1.54) is 0 Å². The van der Waals surface area contributed by atoms with Crippen LogP contribution in [0.1, 0.15) is 21.6 Å². The van der Waals surface area contributed by atoms with Crippen LogP contribution in [0.15, 0.2) is 18.5 Å². The largest absolute Gasteiger partial charge is 0.496 e. The Labute approximate surface area is 106 Å². The van der Waals surface area contributed by atoms with Crippen molar-refractivity contribution in [3.05, 3.63) is 35.3 Å².